The van der Waals surface area contributed by atoms with Crippen molar-refractivity contribution >= 4 is 70.7 Å². The van der Waals surface area contributed by atoms with Crippen molar-refractivity contribution in [3.05, 3.63) is 146 Å². The predicted molar refractivity (Wildman–Crippen MR) is 245 cm³/mol. The maximum atomic E-state index is 12.3. The molecule has 338 valence electrons. The summed E-state index contributed by atoms with van der Waals surface area (Å²) in [6.45, 7) is 0. The number of rotatable bonds is 0. The van der Waals surface area contributed by atoms with Crippen LogP contribution in [0, 0.1) is 0 Å². The molecule has 0 fully saturated rings. The van der Waals surface area contributed by atoms with E-state index >= 15 is 0 Å². The topological polar surface area (TPSA) is 419 Å². The smallest absolute Gasteiger partial charge is 0.372 e. The van der Waals surface area contributed by atoms with Crippen molar-refractivity contribution in [1.82, 2.24) is 0 Å². The van der Waals surface area contributed by atoms with E-state index < -0.39 is 15.6 Å². The quantitative estimate of drug-likeness (QED) is 0.0606. The first kappa shape index (κ1) is 52.9. The lowest BCUT2D eigenvalue weighted by atomic mass is 9.92. The van der Waals surface area contributed by atoms with Gasteiger partial charge >= 0.3 is 27.6 Å². The number of hydrogen-bond acceptors (Lipinski definition) is 9. The van der Waals surface area contributed by atoms with Gasteiger partial charge in [0.2, 0.25) is 0 Å². The van der Waals surface area contributed by atoms with Crippen LogP contribution < -0.4 is 61.6 Å². The van der Waals surface area contributed by atoms with Gasteiger partial charge in [0.1, 0.15) is 23.0 Å². The zero-order valence-electron chi connectivity index (χ0n) is 33.9. The molecule has 10 rings (SSSR count). The summed E-state index contributed by atoms with van der Waals surface area (Å²) in [6, 6.07) is 45.4. The normalized spacial score (nSPS) is 12.5. The lowest BCUT2D eigenvalue weighted by molar-refractivity contribution is -0.209. The van der Waals surface area contributed by atoms with E-state index in [2.05, 4.69) is 33.8 Å². The molecular weight excluding hydrogens is 870 g/mol. The number of phosphoric acid groups is 2. The van der Waals surface area contributed by atoms with E-state index in [0.717, 1.165) is 72.5 Å². The summed E-state index contributed by atoms with van der Waals surface area (Å²) in [6.07, 6.45) is 0. The van der Waals surface area contributed by atoms with Crippen molar-refractivity contribution in [1.29, 1.82) is 0 Å². The van der Waals surface area contributed by atoms with E-state index in [1.54, 1.807) is 24.3 Å². The molecule has 0 aromatic heterocycles. The van der Waals surface area contributed by atoms with Gasteiger partial charge in [0, 0.05) is 29.4 Å². The molecule has 64 heavy (non-hydrogen) atoms. The van der Waals surface area contributed by atoms with Gasteiger partial charge in [0.25, 0.3) is 0 Å². The van der Waals surface area contributed by atoms with E-state index in [1.165, 1.54) is 0 Å². The Labute approximate surface area is 365 Å². The van der Waals surface area contributed by atoms with E-state index in [0.29, 0.717) is 0 Å². The number of fused-ring (bicyclic) bond motifs is 14. The van der Waals surface area contributed by atoms with Crippen LogP contribution in [0.3, 0.4) is 0 Å². The number of aliphatic hydroxyl groups is 1. The first-order chi connectivity index (χ1) is 28.7. The molecule has 8 aromatic carbocycles. The Hall–Kier alpha value is -7.28. The van der Waals surface area contributed by atoms with Crippen LogP contribution in [-0.2, 0) is 9.13 Å². The molecule has 8 aromatic rings. The highest BCUT2D eigenvalue weighted by atomic mass is 31.2. The second kappa shape index (κ2) is 22.2. The predicted octanol–water partition coefficient (Wildman–Crippen LogP) is 0.147. The number of guanidine groups is 2. The lowest BCUT2D eigenvalue weighted by Crippen LogP contribution is -2.51. The Kier molecular flexibility index (Phi) is 18.3. The summed E-state index contributed by atoms with van der Waals surface area (Å²) in [5, 5.41) is 23.9. The molecule has 2 aliphatic rings. The number of aliphatic hydroxyl groups excluding tert-OH is 1. The summed E-state index contributed by atoms with van der Waals surface area (Å²) in [7, 11) is -8.00. The number of phosphoric ester groups is 2. The molecule has 0 saturated carbocycles. The molecule has 2 aliphatic heterocycles. The largest absolute Gasteiger partial charge is 0.736 e. The van der Waals surface area contributed by atoms with Crippen LogP contribution in [0.25, 0.3) is 65.3 Å². The molecule has 0 unspecified atom stereocenters. The second-order valence-corrected chi connectivity index (χ2v) is 15.4. The van der Waals surface area contributed by atoms with Crippen LogP contribution in [0.5, 0.6) is 23.0 Å². The Morgan fingerprint density at radius 2 is 0.578 bits per heavy atom. The minimum Gasteiger partial charge on any atom is -0.736 e. The third-order valence-corrected chi connectivity index (χ3v) is 10.6. The highest BCUT2D eigenvalue weighted by Gasteiger charge is 2.29. The molecule has 2 heterocycles. The second-order valence-electron chi connectivity index (χ2n) is 12.9. The molecule has 0 atom stereocenters. The first-order valence-electron chi connectivity index (χ1n) is 17.9. The maximum absolute atomic E-state index is 12.3. The molecule has 0 saturated heterocycles. The molecule has 0 spiro atoms. The maximum Gasteiger partial charge on any atom is 0.372 e. The Balaban J connectivity index is 0.000000347. The Morgan fingerprint density at radius 1 is 0.406 bits per heavy atom. The van der Waals surface area contributed by atoms with Crippen LogP contribution in [-0.4, -0.2) is 46.0 Å². The minimum absolute atomic E-state index is 0. The van der Waals surface area contributed by atoms with Crippen molar-refractivity contribution in [3.63, 3.8) is 0 Å². The van der Waals surface area contributed by atoms with Gasteiger partial charge in [0.15, 0.2) is 0 Å². The molecule has 0 bridgehead atoms. The molecule has 21 N–H and O–H groups in total. The third kappa shape index (κ3) is 11.6. The van der Waals surface area contributed by atoms with Crippen molar-refractivity contribution in [3.8, 4) is 45.3 Å². The number of benzene rings is 8. The van der Waals surface area contributed by atoms with Gasteiger partial charge < -0.3 is 54.9 Å². The summed E-state index contributed by atoms with van der Waals surface area (Å²) < 4.78 is 45.5. The molecule has 0 amide bonds. The standard InChI is InChI=1S/2C20H13O4P.2CH5N3.CH4O.4H2O/c2*21-25(22)23-17-11-9-13-5-1-3-7-15(13)19(17)20-16-8-4-2-6-14(16)10-12-18(20)24-25;2*2-1(3)4;1-2;;;;/h2*1-12H,(H,21,22);2*(H5,2,3,4);2H,1H3;4*1H2. The van der Waals surface area contributed by atoms with E-state index in [1.807, 2.05) is 121 Å². The lowest BCUT2D eigenvalue weighted by Gasteiger charge is -2.21. The first-order valence-corrected chi connectivity index (χ1v) is 20.8. The van der Waals surface area contributed by atoms with Crippen LogP contribution in [0.1, 0.15) is 0 Å². The van der Waals surface area contributed by atoms with E-state index in [-0.39, 0.29) is 56.8 Å². The van der Waals surface area contributed by atoms with Gasteiger partial charge in [-0.25, -0.2) is 9.13 Å². The zero-order chi connectivity index (χ0) is 43.2. The SMILES string of the molecule is CO.NC(N)=[NH2+].NC(N)=[NH2+].O.O.O.O.O=P1([O-])Oc2ccc3ccccc3c2-c2c(ccc3ccccc23)O1.O=P1([O-])Oc2ccc3ccccc3c2-c2c(ccc3ccccc23)O1. The molecule has 19 nitrogen and oxygen atoms in total. The van der Waals surface area contributed by atoms with Gasteiger partial charge in [-0.05, 0) is 67.4 Å². The van der Waals surface area contributed by atoms with E-state index in [4.69, 9.17) is 23.2 Å². The highest BCUT2D eigenvalue weighted by Crippen LogP contribution is 2.56. The summed E-state index contributed by atoms with van der Waals surface area (Å²) in [4.78, 5) is 24.5. The molecule has 0 aliphatic carbocycles. The average Bonchev–Trinajstić information content (AvgIpc) is 3.42. The average molecular weight is 919 g/mol. The van der Waals surface area contributed by atoms with Gasteiger partial charge in [-0.2, -0.15) is 0 Å². The molecule has 0 radical (unpaired) electrons. The van der Waals surface area contributed by atoms with E-state index in [9.17, 15) is 18.9 Å². The Morgan fingerprint density at radius 3 is 0.766 bits per heavy atom. The summed E-state index contributed by atoms with van der Waals surface area (Å²) in [5.41, 5.74) is 21.3. The fourth-order valence-electron chi connectivity index (χ4n) is 6.86. The Bertz CT molecular complexity index is 2640. The molecular formula is C43H48N6O13P2. The number of nitrogens with two attached hydrogens (primary N) is 6. The van der Waals surface area contributed by atoms with Gasteiger partial charge in [-0.15, -0.1) is 0 Å². The van der Waals surface area contributed by atoms with Crippen LogP contribution in [0.2, 0.25) is 0 Å². The monoisotopic (exact) mass is 918 g/mol. The van der Waals surface area contributed by atoms with Gasteiger partial charge in [-0.1, -0.05) is 121 Å². The number of hydrogen-bond donors (Lipinski definition) is 7. The van der Waals surface area contributed by atoms with Crippen molar-refractivity contribution in [2.24, 2.45) is 22.9 Å². The van der Waals surface area contributed by atoms with Gasteiger partial charge in [0.05, 0.1) is 0 Å². The highest BCUT2D eigenvalue weighted by molar-refractivity contribution is 7.47. The summed E-state index contributed by atoms with van der Waals surface area (Å²) >= 11 is 0. The summed E-state index contributed by atoms with van der Waals surface area (Å²) in [5.74, 6) is 0.971. The fourth-order valence-corrected chi connectivity index (χ4v) is 8.51. The fraction of sp³-hybridized carbons (Fsp3) is 0.0233. The molecule has 21 heteroatoms. The van der Waals surface area contributed by atoms with Crippen molar-refractivity contribution in [2.75, 3.05) is 7.11 Å². The van der Waals surface area contributed by atoms with Crippen LogP contribution in [0.4, 0.5) is 0 Å². The van der Waals surface area contributed by atoms with Crippen molar-refractivity contribution in [2.45, 2.75) is 0 Å². The third-order valence-electron chi connectivity index (χ3n) is 8.90. The minimum atomic E-state index is -4.50. The van der Waals surface area contributed by atoms with Crippen LogP contribution in [0.15, 0.2) is 146 Å². The zero-order valence-corrected chi connectivity index (χ0v) is 35.7. The van der Waals surface area contributed by atoms with Crippen molar-refractivity contribution < 1.29 is 74.8 Å². The van der Waals surface area contributed by atoms with Gasteiger partial charge in [-0.3, -0.25) is 33.8 Å². The van der Waals surface area contributed by atoms with Crippen LogP contribution >= 0.6 is 15.6 Å².